The number of aromatic nitrogens is 2. The summed E-state index contributed by atoms with van der Waals surface area (Å²) in [5, 5.41) is 10.8. The van der Waals surface area contributed by atoms with Crippen LogP contribution in [0.4, 0.5) is 5.82 Å². The van der Waals surface area contributed by atoms with Gasteiger partial charge >= 0.3 is 5.97 Å². The number of anilines is 1. The Bertz CT molecular complexity index is 931. The van der Waals surface area contributed by atoms with Crippen LogP contribution in [0.3, 0.4) is 0 Å². The maximum Gasteiger partial charge on any atom is 0.358 e. The molecule has 2 aromatic rings. The number of hydrogen-bond donors (Lipinski definition) is 1. The second-order valence-corrected chi connectivity index (χ2v) is 9.05. The fourth-order valence-corrected chi connectivity index (χ4v) is 4.66. The number of carbonyl (C=O) groups excluding carboxylic acids is 1. The van der Waals surface area contributed by atoms with E-state index in [9.17, 15) is 9.90 Å². The van der Waals surface area contributed by atoms with Gasteiger partial charge in [0.25, 0.3) is 0 Å². The molecule has 2 aliphatic rings. The molecule has 1 aromatic carbocycles. The molecule has 1 saturated carbocycles. The largest absolute Gasteiger partial charge is 0.487 e. The molecule has 2 heterocycles. The molecule has 0 unspecified atom stereocenters. The highest BCUT2D eigenvalue weighted by Crippen LogP contribution is 2.39. The molecule has 0 bridgehead atoms. The number of hydrogen-bond acceptors (Lipinski definition) is 7. The third kappa shape index (κ3) is 4.51. The summed E-state index contributed by atoms with van der Waals surface area (Å²) in [5.41, 5.74) is 2.53. The lowest BCUT2D eigenvalue weighted by atomic mass is 9.78. The van der Waals surface area contributed by atoms with Crippen molar-refractivity contribution in [1.82, 2.24) is 9.97 Å². The summed E-state index contributed by atoms with van der Waals surface area (Å²) < 4.78 is 11.0. The number of aryl methyl sites for hydroxylation is 1. The first-order valence-corrected chi connectivity index (χ1v) is 11.0. The minimum Gasteiger partial charge on any atom is -0.487 e. The highest BCUT2D eigenvalue weighted by atomic mass is 16.5. The Hall–Kier alpha value is -2.67. The highest BCUT2D eigenvalue weighted by Gasteiger charge is 2.43. The van der Waals surface area contributed by atoms with E-state index < -0.39 is 12.1 Å². The van der Waals surface area contributed by atoms with Crippen molar-refractivity contribution >= 4 is 11.8 Å². The average Bonchev–Trinajstić information content (AvgIpc) is 3.17. The van der Waals surface area contributed by atoms with Crippen LogP contribution in [-0.4, -0.2) is 53.5 Å². The Kier molecular flexibility index (Phi) is 6.14. The summed E-state index contributed by atoms with van der Waals surface area (Å²) in [7, 11) is 1.33. The lowest BCUT2D eigenvalue weighted by Gasteiger charge is -2.35. The van der Waals surface area contributed by atoms with Crippen LogP contribution >= 0.6 is 0 Å². The summed E-state index contributed by atoms with van der Waals surface area (Å²) in [6.07, 6.45) is 3.89. The monoisotopic (exact) mass is 425 g/mol. The number of fused-ring (bicyclic) bond motifs is 1. The number of methoxy groups -OCH3 is 1. The van der Waals surface area contributed by atoms with Crippen molar-refractivity contribution in [2.24, 2.45) is 11.8 Å². The summed E-state index contributed by atoms with van der Waals surface area (Å²) in [5.74, 6) is 2.36. The molecule has 1 aliphatic carbocycles. The van der Waals surface area contributed by atoms with Crippen LogP contribution in [0.15, 0.2) is 30.6 Å². The van der Waals surface area contributed by atoms with E-state index in [1.807, 2.05) is 6.92 Å². The normalized spacial score (nSPS) is 25.4. The summed E-state index contributed by atoms with van der Waals surface area (Å²) in [6, 6.07) is 6.34. The third-order valence-corrected chi connectivity index (χ3v) is 6.60. The fraction of sp³-hybridized carbons (Fsp3) is 0.542. The smallest absolute Gasteiger partial charge is 0.358 e. The standard InChI is InChI=1S/C24H31N3O4/c1-14(2)16-6-5-15(3)21(8-16)31-22-9-18-13-27(12-17(18)7-20(22)28)23-11-25-19(10-26-23)24(29)30-4/h5-6,8,10-11,14,17-18,20,22,28H,7,9,12-13H2,1-4H3/t17-,18+,20+,22+/m0/s1. The van der Waals surface area contributed by atoms with Crippen molar-refractivity contribution in [2.45, 2.75) is 51.7 Å². The number of rotatable bonds is 5. The zero-order valence-corrected chi connectivity index (χ0v) is 18.6. The Labute approximate surface area is 183 Å². The van der Waals surface area contributed by atoms with Gasteiger partial charge in [-0.1, -0.05) is 26.0 Å². The van der Waals surface area contributed by atoms with Crippen molar-refractivity contribution in [2.75, 3.05) is 25.1 Å². The van der Waals surface area contributed by atoms with Gasteiger partial charge in [-0.05, 0) is 54.7 Å². The van der Waals surface area contributed by atoms with Gasteiger partial charge < -0.3 is 19.5 Å². The van der Waals surface area contributed by atoms with Crippen LogP contribution in [0.2, 0.25) is 0 Å². The molecule has 0 radical (unpaired) electrons. The van der Waals surface area contributed by atoms with E-state index in [-0.39, 0.29) is 11.8 Å². The first-order valence-electron chi connectivity index (χ1n) is 11.0. The van der Waals surface area contributed by atoms with Crippen LogP contribution < -0.4 is 9.64 Å². The lowest BCUT2D eigenvalue weighted by molar-refractivity contribution is -0.0234. The molecule has 2 fully saturated rings. The predicted molar refractivity (Wildman–Crippen MR) is 117 cm³/mol. The van der Waals surface area contributed by atoms with Gasteiger partial charge in [0.15, 0.2) is 5.69 Å². The van der Waals surface area contributed by atoms with E-state index in [1.165, 1.54) is 18.9 Å². The van der Waals surface area contributed by atoms with E-state index in [2.05, 4.69) is 51.7 Å². The molecule has 31 heavy (non-hydrogen) atoms. The lowest BCUT2D eigenvalue weighted by Crippen LogP contribution is -2.42. The van der Waals surface area contributed by atoms with E-state index >= 15 is 0 Å². The second-order valence-electron chi connectivity index (χ2n) is 9.05. The highest BCUT2D eigenvalue weighted by molar-refractivity contribution is 5.86. The summed E-state index contributed by atoms with van der Waals surface area (Å²) in [6.45, 7) is 8.05. The maximum atomic E-state index is 11.6. The summed E-state index contributed by atoms with van der Waals surface area (Å²) in [4.78, 5) is 22.3. The van der Waals surface area contributed by atoms with Gasteiger partial charge in [-0.2, -0.15) is 0 Å². The van der Waals surface area contributed by atoms with Crippen LogP contribution in [0.1, 0.15) is 54.2 Å². The molecule has 4 rings (SSSR count). The number of nitrogens with zero attached hydrogens (tertiary/aromatic N) is 3. The van der Waals surface area contributed by atoms with Crippen molar-refractivity contribution in [1.29, 1.82) is 0 Å². The minimum absolute atomic E-state index is 0.200. The molecule has 7 heteroatoms. The van der Waals surface area contributed by atoms with E-state index in [4.69, 9.17) is 4.74 Å². The molecule has 4 atom stereocenters. The van der Waals surface area contributed by atoms with Gasteiger partial charge in [0, 0.05) is 13.1 Å². The quantitative estimate of drug-likeness (QED) is 0.736. The molecule has 7 nitrogen and oxygen atoms in total. The number of benzene rings is 1. The first kappa shape index (κ1) is 21.6. The molecule has 0 amide bonds. The predicted octanol–water partition coefficient (Wildman–Crippen LogP) is 3.35. The summed E-state index contributed by atoms with van der Waals surface area (Å²) >= 11 is 0. The van der Waals surface area contributed by atoms with Crippen molar-refractivity contribution in [3.63, 3.8) is 0 Å². The van der Waals surface area contributed by atoms with Gasteiger partial charge in [-0.3, -0.25) is 0 Å². The second kappa shape index (κ2) is 8.83. The zero-order chi connectivity index (χ0) is 22.1. The van der Waals surface area contributed by atoms with Gasteiger partial charge in [0.05, 0.1) is 25.6 Å². The molecule has 166 valence electrons. The number of aliphatic hydroxyl groups is 1. The Morgan fingerprint density at radius 2 is 1.90 bits per heavy atom. The number of esters is 1. The molecule has 1 aromatic heterocycles. The number of aliphatic hydroxyl groups excluding tert-OH is 1. The van der Waals surface area contributed by atoms with Crippen molar-refractivity contribution < 1.29 is 19.4 Å². The van der Waals surface area contributed by atoms with Crippen molar-refractivity contribution in [3.05, 3.63) is 47.4 Å². The van der Waals surface area contributed by atoms with Gasteiger partial charge in [-0.15, -0.1) is 0 Å². The minimum atomic E-state index is -0.492. The van der Waals surface area contributed by atoms with Crippen molar-refractivity contribution in [3.8, 4) is 5.75 Å². The Balaban J connectivity index is 1.44. The first-order chi connectivity index (χ1) is 14.9. The molecular weight excluding hydrogens is 394 g/mol. The maximum absolute atomic E-state index is 11.6. The Morgan fingerprint density at radius 3 is 2.55 bits per heavy atom. The Morgan fingerprint density at radius 1 is 1.16 bits per heavy atom. The topological polar surface area (TPSA) is 84.8 Å². The molecule has 1 N–H and O–H groups in total. The van der Waals surface area contributed by atoms with E-state index in [0.717, 1.165) is 36.6 Å². The number of ether oxygens (including phenoxy) is 2. The van der Waals surface area contributed by atoms with Gasteiger partial charge in [0.2, 0.25) is 0 Å². The SMILES string of the molecule is COC(=O)c1cnc(N2C[C@H]3C[C@@H](Oc4cc(C(C)C)ccc4C)[C@H](O)C[C@H]3C2)cn1. The molecule has 1 aliphatic heterocycles. The zero-order valence-electron chi connectivity index (χ0n) is 18.6. The van der Waals surface area contributed by atoms with E-state index in [1.54, 1.807) is 6.20 Å². The molecular formula is C24H31N3O4. The molecule has 0 spiro atoms. The van der Waals surface area contributed by atoms with Crippen LogP contribution in [0, 0.1) is 18.8 Å². The van der Waals surface area contributed by atoms with Gasteiger partial charge in [0.1, 0.15) is 17.7 Å². The number of carbonyl (C=O) groups is 1. The van der Waals surface area contributed by atoms with Crippen LogP contribution in [-0.2, 0) is 4.74 Å². The molecule has 1 saturated heterocycles. The van der Waals surface area contributed by atoms with E-state index in [0.29, 0.717) is 24.2 Å². The average molecular weight is 426 g/mol. The third-order valence-electron chi connectivity index (χ3n) is 6.60. The fourth-order valence-electron chi connectivity index (χ4n) is 4.66. The van der Waals surface area contributed by atoms with Crippen LogP contribution in [0.5, 0.6) is 5.75 Å². The van der Waals surface area contributed by atoms with Crippen LogP contribution in [0.25, 0.3) is 0 Å². The van der Waals surface area contributed by atoms with Gasteiger partial charge in [-0.25, -0.2) is 14.8 Å².